The van der Waals surface area contributed by atoms with Crippen LogP contribution >= 0.6 is 0 Å². The molecule has 2 N–H and O–H groups in total. The van der Waals surface area contributed by atoms with Gasteiger partial charge in [-0.1, -0.05) is 36.4 Å². The minimum absolute atomic E-state index is 0.115. The Hall–Kier alpha value is -2.75. The van der Waals surface area contributed by atoms with E-state index < -0.39 is 6.10 Å². The summed E-state index contributed by atoms with van der Waals surface area (Å²) in [4.78, 5) is 15.5. The first-order valence-corrected chi connectivity index (χ1v) is 6.93. The number of ether oxygens (including phenoxy) is 1. The van der Waals surface area contributed by atoms with Crippen molar-refractivity contribution in [2.75, 3.05) is 5.32 Å². The second-order valence-electron chi connectivity index (χ2n) is 5.16. The molecule has 1 amide bonds. The Labute approximate surface area is 121 Å². The molecular formula is C17H14N2O2. The van der Waals surface area contributed by atoms with Crippen LogP contribution in [-0.2, 0) is 11.2 Å². The molecule has 3 aromatic rings. The van der Waals surface area contributed by atoms with E-state index in [2.05, 4.69) is 10.3 Å². The van der Waals surface area contributed by atoms with Gasteiger partial charge in [-0.15, -0.1) is 0 Å². The van der Waals surface area contributed by atoms with Crippen molar-refractivity contribution in [1.29, 1.82) is 0 Å². The van der Waals surface area contributed by atoms with E-state index in [0.717, 1.165) is 27.9 Å². The van der Waals surface area contributed by atoms with E-state index in [4.69, 9.17) is 4.74 Å². The fourth-order valence-electron chi connectivity index (χ4n) is 2.72. The molecule has 0 saturated carbocycles. The van der Waals surface area contributed by atoms with Gasteiger partial charge in [0, 0.05) is 23.5 Å². The van der Waals surface area contributed by atoms with Crippen LogP contribution in [0.1, 0.15) is 5.56 Å². The van der Waals surface area contributed by atoms with Gasteiger partial charge >= 0.3 is 0 Å². The van der Waals surface area contributed by atoms with Gasteiger partial charge in [-0.05, 0) is 17.7 Å². The number of carbonyl (C=O) groups is 1. The Balaban J connectivity index is 1.55. The predicted molar refractivity (Wildman–Crippen MR) is 81.5 cm³/mol. The zero-order valence-corrected chi connectivity index (χ0v) is 11.3. The van der Waals surface area contributed by atoms with Crippen molar-refractivity contribution < 1.29 is 9.53 Å². The Morgan fingerprint density at radius 2 is 1.95 bits per heavy atom. The number of benzene rings is 2. The fourth-order valence-corrected chi connectivity index (χ4v) is 2.72. The lowest BCUT2D eigenvalue weighted by Crippen LogP contribution is -2.31. The molecule has 1 unspecified atom stereocenters. The molecule has 21 heavy (non-hydrogen) atoms. The van der Waals surface area contributed by atoms with Crippen molar-refractivity contribution in [1.82, 2.24) is 4.98 Å². The average Bonchev–Trinajstić information content (AvgIpc) is 3.11. The number of hydrogen-bond acceptors (Lipinski definition) is 2. The lowest BCUT2D eigenvalue weighted by molar-refractivity contribution is -0.122. The summed E-state index contributed by atoms with van der Waals surface area (Å²) in [5.74, 6) is 0.688. The molecule has 0 bridgehead atoms. The summed E-state index contributed by atoms with van der Waals surface area (Å²) < 4.78 is 5.71. The number of H-pyrrole nitrogens is 1. The summed E-state index contributed by atoms with van der Waals surface area (Å²) in [5.41, 5.74) is 2.87. The fraction of sp³-hybridized carbons (Fsp3) is 0.118. The number of nitrogens with one attached hydrogen (secondary N) is 2. The highest BCUT2D eigenvalue weighted by Crippen LogP contribution is 2.29. The third-order valence-corrected chi connectivity index (χ3v) is 3.79. The number of anilines is 1. The molecule has 4 heteroatoms. The highest BCUT2D eigenvalue weighted by atomic mass is 16.5. The van der Waals surface area contributed by atoms with Crippen molar-refractivity contribution in [2.45, 2.75) is 12.5 Å². The first-order valence-electron chi connectivity index (χ1n) is 6.93. The van der Waals surface area contributed by atoms with Crippen LogP contribution in [0, 0.1) is 0 Å². The van der Waals surface area contributed by atoms with Crippen molar-refractivity contribution in [3.05, 3.63) is 60.3 Å². The number of hydrogen-bond donors (Lipinski definition) is 2. The van der Waals surface area contributed by atoms with Crippen LogP contribution < -0.4 is 10.1 Å². The summed E-state index contributed by atoms with van der Waals surface area (Å²) in [6.45, 7) is 0. The number of fused-ring (bicyclic) bond motifs is 2. The van der Waals surface area contributed by atoms with Gasteiger partial charge in [-0.25, -0.2) is 0 Å². The lowest BCUT2D eigenvalue weighted by atomic mass is 10.1. The minimum atomic E-state index is -0.462. The average molecular weight is 278 g/mol. The van der Waals surface area contributed by atoms with Crippen LogP contribution in [0.25, 0.3) is 10.9 Å². The number of amides is 1. The van der Waals surface area contributed by atoms with E-state index in [9.17, 15) is 4.79 Å². The minimum Gasteiger partial charge on any atom is -0.480 e. The van der Waals surface area contributed by atoms with Crippen molar-refractivity contribution in [2.24, 2.45) is 0 Å². The van der Waals surface area contributed by atoms with Crippen LogP contribution in [0.15, 0.2) is 54.7 Å². The smallest absolute Gasteiger partial charge is 0.265 e. The molecule has 2 aromatic carbocycles. The van der Waals surface area contributed by atoms with E-state index in [-0.39, 0.29) is 5.91 Å². The van der Waals surface area contributed by atoms with Gasteiger partial charge in [-0.2, -0.15) is 0 Å². The molecule has 0 fully saturated rings. The number of aromatic amines is 1. The van der Waals surface area contributed by atoms with Crippen LogP contribution in [0.4, 0.5) is 5.69 Å². The van der Waals surface area contributed by atoms with Crippen LogP contribution in [0.3, 0.4) is 0 Å². The Morgan fingerprint density at radius 3 is 2.86 bits per heavy atom. The highest BCUT2D eigenvalue weighted by Gasteiger charge is 2.29. The van der Waals surface area contributed by atoms with Crippen molar-refractivity contribution in [3.63, 3.8) is 0 Å². The molecule has 4 nitrogen and oxygen atoms in total. The predicted octanol–water partition coefficient (Wildman–Crippen LogP) is 3.11. The topological polar surface area (TPSA) is 54.1 Å². The molecule has 0 radical (unpaired) electrons. The van der Waals surface area contributed by atoms with Gasteiger partial charge in [0.25, 0.3) is 5.91 Å². The summed E-state index contributed by atoms with van der Waals surface area (Å²) in [6.07, 6.45) is 1.96. The van der Waals surface area contributed by atoms with Crippen LogP contribution in [-0.4, -0.2) is 17.0 Å². The molecule has 1 aliphatic heterocycles. The van der Waals surface area contributed by atoms with E-state index >= 15 is 0 Å². The highest BCUT2D eigenvalue weighted by molar-refractivity contribution is 6.03. The third kappa shape index (κ3) is 2.05. The normalized spacial score (nSPS) is 16.5. The first-order chi connectivity index (χ1) is 10.3. The number of carbonyl (C=O) groups excluding carboxylic acids is 1. The zero-order valence-electron chi connectivity index (χ0n) is 11.3. The summed E-state index contributed by atoms with van der Waals surface area (Å²) >= 11 is 0. The van der Waals surface area contributed by atoms with Gasteiger partial charge in [0.2, 0.25) is 0 Å². The van der Waals surface area contributed by atoms with Gasteiger partial charge < -0.3 is 15.0 Å². The molecule has 2 heterocycles. The monoisotopic (exact) mass is 278 g/mol. The largest absolute Gasteiger partial charge is 0.480 e. The summed E-state index contributed by atoms with van der Waals surface area (Å²) in [5, 5.41) is 3.95. The maximum Gasteiger partial charge on any atom is 0.265 e. The Kier molecular flexibility index (Phi) is 2.67. The van der Waals surface area contributed by atoms with Gasteiger partial charge in [0.05, 0.1) is 5.69 Å². The maximum atomic E-state index is 12.4. The molecular weight excluding hydrogens is 264 g/mol. The standard InChI is InChI=1S/C17H14N2O2/c20-17(16-9-11-5-1-4-8-15(11)21-16)19-14-10-18-13-7-3-2-6-12(13)14/h1-8,10,16,18H,9H2,(H,19,20). The molecule has 104 valence electrons. The van der Waals surface area contributed by atoms with Crippen molar-refractivity contribution in [3.8, 4) is 5.75 Å². The lowest BCUT2D eigenvalue weighted by Gasteiger charge is -2.10. The second kappa shape index (κ2) is 4.66. The van der Waals surface area contributed by atoms with E-state index in [1.807, 2.05) is 54.7 Å². The molecule has 1 atom stereocenters. The molecule has 0 spiro atoms. The van der Waals surface area contributed by atoms with E-state index in [1.165, 1.54) is 0 Å². The van der Waals surface area contributed by atoms with Crippen LogP contribution in [0.5, 0.6) is 5.75 Å². The van der Waals surface area contributed by atoms with Crippen LogP contribution in [0.2, 0.25) is 0 Å². The van der Waals surface area contributed by atoms with Gasteiger partial charge in [0.1, 0.15) is 5.75 Å². The zero-order chi connectivity index (χ0) is 14.2. The molecule has 0 aliphatic carbocycles. The van der Waals surface area contributed by atoms with Gasteiger partial charge in [-0.3, -0.25) is 4.79 Å². The second-order valence-corrected chi connectivity index (χ2v) is 5.16. The SMILES string of the molecule is O=C(Nc1c[nH]c2ccccc12)C1Cc2ccccc2O1. The number of rotatable bonds is 2. The summed E-state index contributed by atoms with van der Waals surface area (Å²) in [7, 11) is 0. The quantitative estimate of drug-likeness (QED) is 0.756. The molecule has 4 rings (SSSR count). The summed E-state index contributed by atoms with van der Waals surface area (Å²) in [6, 6.07) is 15.6. The molecule has 0 saturated heterocycles. The van der Waals surface area contributed by atoms with E-state index in [1.54, 1.807) is 0 Å². The first kappa shape index (κ1) is 12.0. The maximum absolute atomic E-state index is 12.4. The van der Waals surface area contributed by atoms with Gasteiger partial charge in [0.15, 0.2) is 6.10 Å². The number of aromatic nitrogens is 1. The Morgan fingerprint density at radius 1 is 1.14 bits per heavy atom. The molecule has 1 aromatic heterocycles. The number of para-hydroxylation sites is 2. The van der Waals surface area contributed by atoms with E-state index in [0.29, 0.717) is 6.42 Å². The van der Waals surface area contributed by atoms with Crippen molar-refractivity contribution >= 4 is 22.5 Å². The molecule has 1 aliphatic rings. The third-order valence-electron chi connectivity index (χ3n) is 3.79. The Bertz CT molecular complexity index is 797.